The van der Waals surface area contributed by atoms with Gasteiger partial charge in [-0.3, -0.25) is 0 Å². The molecule has 2 N–H and O–H groups in total. The van der Waals surface area contributed by atoms with E-state index in [1.54, 1.807) is 0 Å². The quantitative estimate of drug-likeness (QED) is 0.825. The van der Waals surface area contributed by atoms with E-state index in [1.807, 2.05) is 12.1 Å². The molecule has 3 heteroatoms. The Hall–Kier alpha value is -0.570. The van der Waals surface area contributed by atoms with E-state index in [1.165, 1.54) is 18.4 Å². The summed E-state index contributed by atoms with van der Waals surface area (Å²) in [5.41, 5.74) is 1.44. The summed E-state index contributed by atoms with van der Waals surface area (Å²) in [7, 11) is 0. The van der Waals surface area contributed by atoms with Crippen molar-refractivity contribution in [3.8, 4) is 0 Å². The van der Waals surface area contributed by atoms with Gasteiger partial charge in [-0.1, -0.05) is 44.5 Å². The Bertz CT molecular complexity index is 420. The van der Waals surface area contributed by atoms with Crippen molar-refractivity contribution in [3.05, 3.63) is 34.9 Å². The molecule has 0 heterocycles. The van der Waals surface area contributed by atoms with E-state index in [4.69, 9.17) is 11.6 Å². The van der Waals surface area contributed by atoms with Gasteiger partial charge in [0.2, 0.25) is 0 Å². The van der Waals surface area contributed by atoms with Crippen LogP contribution < -0.4 is 5.32 Å². The molecule has 2 nitrogen and oxygen atoms in total. The van der Waals surface area contributed by atoms with Crippen LogP contribution >= 0.6 is 11.6 Å². The van der Waals surface area contributed by atoms with Crippen molar-refractivity contribution in [1.29, 1.82) is 0 Å². The Balaban J connectivity index is 1.92. The molecule has 2 atom stereocenters. The highest BCUT2D eigenvalue weighted by atomic mass is 35.5. The molecule has 0 radical (unpaired) electrons. The van der Waals surface area contributed by atoms with Crippen LogP contribution in [0.4, 0.5) is 0 Å². The summed E-state index contributed by atoms with van der Waals surface area (Å²) in [6, 6.07) is 8.42. The van der Waals surface area contributed by atoms with Crippen molar-refractivity contribution in [1.82, 2.24) is 5.32 Å². The van der Waals surface area contributed by atoms with E-state index in [9.17, 15) is 5.11 Å². The topological polar surface area (TPSA) is 32.3 Å². The maximum atomic E-state index is 10.1. The highest BCUT2D eigenvalue weighted by Crippen LogP contribution is 2.41. The monoisotopic (exact) mass is 295 g/mol. The summed E-state index contributed by atoms with van der Waals surface area (Å²) in [6.45, 7) is 7.14. The molecule has 1 fully saturated rings. The molecule has 112 valence electrons. The van der Waals surface area contributed by atoms with Crippen LogP contribution in [0.3, 0.4) is 0 Å². The first-order valence-electron chi connectivity index (χ1n) is 7.52. The lowest BCUT2D eigenvalue weighted by Crippen LogP contribution is -2.33. The van der Waals surface area contributed by atoms with E-state index in [2.05, 4.69) is 38.2 Å². The molecule has 0 amide bonds. The number of nitrogens with one attached hydrogen (secondary N) is 1. The molecule has 0 aliphatic heterocycles. The Kier molecular flexibility index (Phi) is 5.11. The average molecular weight is 296 g/mol. The lowest BCUT2D eigenvalue weighted by molar-refractivity contribution is 0.115. The fourth-order valence-electron chi connectivity index (χ4n) is 2.70. The molecule has 1 aliphatic carbocycles. The molecule has 2 unspecified atom stereocenters. The van der Waals surface area contributed by atoms with Crippen molar-refractivity contribution >= 4 is 11.6 Å². The molecule has 1 aromatic carbocycles. The van der Waals surface area contributed by atoms with Gasteiger partial charge in [0.25, 0.3) is 0 Å². The van der Waals surface area contributed by atoms with E-state index < -0.39 is 0 Å². The molecule has 1 aliphatic rings. The van der Waals surface area contributed by atoms with Gasteiger partial charge in [0.15, 0.2) is 0 Å². The van der Waals surface area contributed by atoms with Crippen LogP contribution in [-0.2, 0) is 0 Å². The maximum absolute atomic E-state index is 10.1. The molecule has 1 aromatic rings. The molecule has 20 heavy (non-hydrogen) atoms. The molecule has 0 saturated heterocycles. The predicted molar refractivity (Wildman–Crippen MR) is 85.0 cm³/mol. The largest absolute Gasteiger partial charge is 0.392 e. The van der Waals surface area contributed by atoms with Gasteiger partial charge in [0.05, 0.1) is 6.10 Å². The minimum atomic E-state index is -0.288. The average Bonchev–Trinajstić information content (AvgIpc) is 3.13. The van der Waals surface area contributed by atoms with E-state index >= 15 is 0 Å². The molecule has 0 aromatic heterocycles. The van der Waals surface area contributed by atoms with Crippen LogP contribution in [-0.4, -0.2) is 17.8 Å². The van der Waals surface area contributed by atoms with Gasteiger partial charge in [-0.15, -0.1) is 0 Å². The fourth-order valence-corrected chi connectivity index (χ4v) is 2.82. The first-order chi connectivity index (χ1) is 9.35. The molecule has 0 bridgehead atoms. The minimum Gasteiger partial charge on any atom is -0.392 e. The first-order valence-corrected chi connectivity index (χ1v) is 7.90. The van der Waals surface area contributed by atoms with E-state index in [0.29, 0.717) is 18.5 Å². The predicted octanol–water partition coefficient (Wildman–Crippen LogP) is 4.18. The highest BCUT2D eigenvalue weighted by Gasteiger charge is 2.32. The van der Waals surface area contributed by atoms with Gasteiger partial charge < -0.3 is 10.4 Å². The van der Waals surface area contributed by atoms with Gasteiger partial charge in [-0.2, -0.15) is 0 Å². The molecular formula is C17H26ClNO. The van der Waals surface area contributed by atoms with Crippen LogP contribution in [0.15, 0.2) is 24.3 Å². The Morgan fingerprint density at radius 1 is 1.25 bits per heavy atom. The van der Waals surface area contributed by atoms with E-state index in [-0.39, 0.29) is 11.5 Å². The minimum absolute atomic E-state index is 0.163. The van der Waals surface area contributed by atoms with Crippen LogP contribution in [0.25, 0.3) is 0 Å². The first kappa shape index (κ1) is 15.8. The normalized spacial score (nSPS) is 18.9. The SMILES string of the molecule is CC(C)(C)CC(O)CNC(c1ccc(Cl)cc1)C1CC1. The zero-order valence-corrected chi connectivity index (χ0v) is 13.5. The number of aliphatic hydroxyl groups is 1. The zero-order valence-electron chi connectivity index (χ0n) is 12.7. The summed E-state index contributed by atoms with van der Waals surface area (Å²) in [6.07, 6.45) is 3.08. The third kappa shape index (κ3) is 5.08. The summed E-state index contributed by atoms with van der Waals surface area (Å²) < 4.78 is 0. The van der Waals surface area contributed by atoms with Gasteiger partial charge >= 0.3 is 0 Å². The van der Waals surface area contributed by atoms with Crippen molar-refractivity contribution in [2.24, 2.45) is 11.3 Å². The van der Waals surface area contributed by atoms with Crippen LogP contribution in [0.2, 0.25) is 5.02 Å². The summed E-state index contributed by atoms with van der Waals surface area (Å²) in [5, 5.41) is 14.5. The van der Waals surface area contributed by atoms with Crippen molar-refractivity contribution < 1.29 is 5.11 Å². The second-order valence-corrected chi connectivity index (χ2v) is 7.63. The zero-order chi connectivity index (χ0) is 14.8. The fraction of sp³-hybridized carbons (Fsp3) is 0.647. The lowest BCUT2D eigenvalue weighted by Gasteiger charge is -2.25. The van der Waals surface area contributed by atoms with Crippen LogP contribution in [0.1, 0.15) is 51.6 Å². The number of benzene rings is 1. The molecule has 1 saturated carbocycles. The standard InChI is InChI=1S/C17H26ClNO/c1-17(2,3)10-15(20)11-19-16(12-4-5-12)13-6-8-14(18)9-7-13/h6-9,12,15-16,19-20H,4-5,10-11H2,1-3H3. The third-order valence-corrected chi connectivity index (χ3v) is 4.00. The van der Waals surface area contributed by atoms with E-state index in [0.717, 1.165) is 11.4 Å². The highest BCUT2D eigenvalue weighted by molar-refractivity contribution is 6.30. The van der Waals surface area contributed by atoms with Gasteiger partial charge in [0, 0.05) is 17.6 Å². The molecule has 2 rings (SSSR count). The van der Waals surface area contributed by atoms with Gasteiger partial charge in [-0.25, -0.2) is 0 Å². The van der Waals surface area contributed by atoms with Crippen LogP contribution in [0, 0.1) is 11.3 Å². The van der Waals surface area contributed by atoms with Gasteiger partial charge in [0.1, 0.15) is 0 Å². The number of hydrogen-bond acceptors (Lipinski definition) is 2. The Labute approximate surface area is 127 Å². The number of aliphatic hydroxyl groups excluding tert-OH is 1. The maximum Gasteiger partial charge on any atom is 0.0669 e. The second kappa shape index (κ2) is 6.46. The second-order valence-electron chi connectivity index (χ2n) is 7.19. The van der Waals surface area contributed by atoms with Crippen molar-refractivity contribution in [2.45, 2.75) is 52.2 Å². The van der Waals surface area contributed by atoms with Crippen LogP contribution in [0.5, 0.6) is 0 Å². The summed E-state index contributed by atoms with van der Waals surface area (Å²) in [4.78, 5) is 0. The van der Waals surface area contributed by atoms with Crippen molar-refractivity contribution in [2.75, 3.05) is 6.54 Å². The van der Waals surface area contributed by atoms with Crippen molar-refractivity contribution in [3.63, 3.8) is 0 Å². The molecule has 0 spiro atoms. The number of hydrogen-bond donors (Lipinski definition) is 2. The summed E-state index contributed by atoms with van der Waals surface area (Å²) in [5.74, 6) is 0.706. The lowest BCUT2D eigenvalue weighted by atomic mass is 9.89. The Morgan fingerprint density at radius 2 is 1.85 bits per heavy atom. The number of halogens is 1. The summed E-state index contributed by atoms with van der Waals surface area (Å²) >= 11 is 5.95. The third-order valence-electron chi connectivity index (χ3n) is 3.74. The smallest absolute Gasteiger partial charge is 0.0669 e. The number of rotatable bonds is 6. The molecular weight excluding hydrogens is 270 g/mol. The van der Waals surface area contributed by atoms with Gasteiger partial charge in [-0.05, 0) is 48.3 Å². The Morgan fingerprint density at radius 3 is 2.35 bits per heavy atom.